The lowest BCUT2D eigenvalue weighted by atomic mass is 9.94. The van der Waals surface area contributed by atoms with Gasteiger partial charge < -0.3 is 18.3 Å². The molecule has 0 bridgehead atoms. The Hall–Kier alpha value is -9.32. The SMILES string of the molecule is N#Cc1cc(-n2c3ccccc3c3cc(-n4c5ccccc5c5ccccc54)ccc32)c(-c2ccccc2C(F)(F)F)c(-n2c3ccccc3c3cc(-n4c5ccccc5c5ccccc54)ccc32)c1. The van der Waals surface area contributed by atoms with E-state index in [2.05, 4.69) is 137 Å². The first kappa shape index (κ1) is 39.8. The third-order valence-corrected chi connectivity index (χ3v) is 14.2. The van der Waals surface area contributed by atoms with Crippen molar-refractivity contribution in [3.05, 3.63) is 230 Å². The van der Waals surface area contributed by atoms with Crippen LogP contribution in [0.4, 0.5) is 13.2 Å². The van der Waals surface area contributed by atoms with Crippen molar-refractivity contribution in [2.75, 3.05) is 0 Å². The molecule has 4 aromatic heterocycles. The molecule has 14 rings (SSSR count). The van der Waals surface area contributed by atoms with Gasteiger partial charge in [0, 0.05) is 60.0 Å². The van der Waals surface area contributed by atoms with Crippen molar-refractivity contribution in [1.29, 1.82) is 5.26 Å². The highest BCUT2D eigenvalue weighted by Gasteiger charge is 2.36. The monoisotopic (exact) mass is 907 g/mol. The van der Waals surface area contributed by atoms with Crippen LogP contribution in [0, 0.1) is 11.3 Å². The molecule has 70 heavy (non-hydrogen) atoms. The van der Waals surface area contributed by atoms with Crippen LogP contribution in [0.5, 0.6) is 0 Å². The van der Waals surface area contributed by atoms with E-state index in [0.717, 1.165) is 105 Å². The number of hydrogen-bond acceptors (Lipinski definition) is 1. The zero-order valence-corrected chi connectivity index (χ0v) is 37.2. The molecular formula is C62H36F3N5. The Morgan fingerprint density at radius 3 is 1.01 bits per heavy atom. The Morgan fingerprint density at radius 2 is 0.643 bits per heavy atom. The number of halogens is 3. The van der Waals surface area contributed by atoms with Gasteiger partial charge in [0.2, 0.25) is 0 Å². The molecule has 0 aliphatic carbocycles. The number of hydrogen-bond donors (Lipinski definition) is 0. The first-order valence-electron chi connectivity index (χ1n) is 23.1. The van der Waals surface area contributed by atoms with Crippen LogP contribution < -0.4 is 0 Å². The van der Waals surface area contributed by atoms with Crippen LogP contribution in [0.15, 0.2) is 218 Å². The fraction of sp³-hybridized carbons (Fsp3) is 0.0161. The van der Waals surface area contributed by atoms with Crippen LogP contribution >= 0.6 is 0 Å². The molecule has 0 radical (unpaired) electrons. The smallest absolute Gasteiger partial charge is 0.309 e. The summed E-state index contributed by atoms with van der Waals surface area (Å²) in [5.41, 5.74) is 10.1. The van der Waals surface area contributed by atoms with E-state index in [1.54, 1.807) is 24.3 Å². The Kier molecular flexibility index (Phi) is 8.44. The first-order chi connectivity index (χ1) is 34.4. The highest BCUT2D eigenvalue weighted by atomic mass is 19.4. The number of aromatic nitrogens is 4. The van der Waals surface area contributed by atoms with Crippen molar-refractivity contribution in [3.63, 3.8) is 0 Å². The van der Waals surface area contributed by atoms with E-state index in [4.69, 9.17) is 0 Å². The normalized spacial score (nSPS) is 12.2. The summed E-state index contributed by atoms with van der Waals surface area (Å²) in [5, 5.41) is 19.2. The molecule has 0 amide bonds. The van der Waals surface area contributed by atoms with E-state index >= 15 is 13.2 Å². The Labute approximate surface area is 397 Å². The Morgan fingerprint density at radius 1 is 0.329 bits per heavy atom. The fourth-order valence-electron chi connectivity index (χ4n) is 11.4. The third-order valence-electron chi connectivity index (χ3n) is 14.2. The lowest BCUT2D eigenvalue weighted by Gasteiger charge is -2.23. The van der Waals surface area contributed by atoms with E-state index in [1.807, 2.05) is 69.8 Å². The van der Waals surface area contributed by atoms with Crippen LogP contribution in [0.1, 0.15) is 11.1 Å². The highest BCUT2D eigenvalue weighted by Crippen LogP contribution is 2.47. The van der Waals surface area contributed by atoms with Crippen molar-refractivity contribution in [2.45, 2.75) is 6.18 Å². The quantitative estimate of drug-likeness (QED) is 0.170. The largest absolute Gasteiger partial charge is 0.417 e. The average Bonchev–Trinajstić information content (AvgIpc) is 4.13. The zero-order chi connectivity index (χ0) is 46.8. The molecule has 0 saturated heterocycles. The van der Waals surface area contributed by atoms with Crippen molar-refractivity contribution < 1.29 is 13.2 Å². The molecule has 0 unspecified atom stereocenters. The van der Waals surface area contributed by atoms with E-state index < -0.39 is 11.7 Å². The first-order valence-corrected chi connectivity index (χ1v) is 23.1. The van der Waals surface area contributed by atoms with Gasteiger partial charge in [0.05, 0.1) is 72.7 Å². The molecule has 0 saturated carbocycles. The summed E-state index contributed by atoms with van der Waals surface area (Å²) in [7, 11) is 0. The molecule has 0 atom stereocenters. The van der Waals surface area contributed by atoms with Crippen molar-refractivity contribution in [3.8, 4) is 39.9 Å². The van der Waals surface area contributed by atoms with Gasteiger partial charge in [0.25, 0.3) is 0 Å². The number of nitrogens with zero attached hydrogens (tertiary/aromatic N) is 5. The van der Waals surface area contributed by atoms with Crippen molar-refractivity contribution >= 4 is 87.2 Å². The topological polar surface area (TPSA) is 43.5 Å². The van der Waals surface area contributed by atoms with Gasteiger partial charge in [-0.05, 0) is 96.6 Å². The van der Waals surface area contributed by atoms with Crippen LogP contribution in [-0.4, -0.2) is 18.3 Å². The van der Waals surface area contributed by atoms with Gasteiger partial charge in [-0.2, -0.15) is 18.4 Å². The minimum atomic E-state index is -4.70. The Bertz CT molecular complexity index is 4190. The zero-order valence-electron chi connectivity index (χ0n) is 37.2. The molecule has 0 N–H and O–H groups in total. The van der Waals surface area contributed by atoms with Crippen molar-refractivity contribution in [2.24, 2.45) is 0 Å². The molecular weight excluding hydrogens is 872 g/mol. The van der Waals surface area contributed by atoms with Crippen LogP contribution in [0.3, 0.4) is 0 Å². The van der Waals surface area contributed by atoms with E-state index in [9.17, 15) is 5.26 Å². The highest BCUT2D eigenvalue weighted by molar-refractivity contribution is 6.15. The molecule has 14 aromatic rings. The predicted octanol–water partition coefficient (Wildman–Crippen LogP) is 16.6. The summed E-state index contributed by atoms with van der Waals surface area (Å²) in [4.78, 5) is 0. The van der Waals surface area contributed by atoms with Gasteiger partial charge in [-0.1, -0.05) is 127 Å². The maximum absolute atomic E-state index is 15.6. The number of rotatable bonds is 5. The lowest BCUT2D eigenvalue weighted by molar-refractivity contribution is -0.137. The maximum atomic E-state index is 15.6. The maximum Gasteiger partial charge on any atom is 0.417 e. The second-order valence-electron chi connectivity index (χ2n) is 17.9. The van der Waals surface area contributed by atoms with Crippen LogP contribution in [0.25, 0.3) is 121 Å². The molecule has 0 aliphatic rings. The molecule has 0 spiro atoms. The minimum Gasteiger partial charge on any atom is -0.309 e. The summed E-state index contributed by atoms with van der Waals surface area (Å²) >= 11 is 0. The van der Waals surface area contributed by atoms with Crippen LogP contribution in [-0.2, 0) is 6.18 Å². The van der Waals surface area contributed by atoms with Gasteiger partial charge in [-0.3, -0.25) is 0 Å². The molecule has 5 nitrogen and oxygen atoms in total. The van der Waals surface area contributed by atoms with Gasteiger partial charge in [0.15, 0.2) is 0 Å². The second kappa shape index (κ2) is 14.8. The molecule has 10 aromatic carbocycles. The molecule has 330 valence electrons. The van der Waals surface area contributed by atoms with Crippen LogP contribution in [0.2, 0.25) is 0 Å². The minimum absolute atomic E-state index is 0.00477. The van der Waals surface area contributed by atoms with E-state index in [1.165, 1.54) is 6.07 Å². The summed E-state index contributed by atoms with van der Waals surface area (Å²) in [6.45, 7) is 0. The number of benzene rings is 10. The number of fused-ring (bicyclic) bond motifs is 12. The Balaban J connectivity index is 1.08. The van der Waals surface area contributed by atoms with E-state index in [0.29, 0.717) is 22.5 Å². The lowest BCUT2D eigenvalue weighted by Crippen LogP contribution is -2.11. The summed E-state index contributed by atoms with van der Waals surface area (Å²) in [6.07, 6.45) is -4.70. The van der Waals surface area contributed by atoms with Gasteiger partial charge in [-0.25, -0.2) is 0 Å². The molecule has 4 heterocycles. The standard InChI is InChI=1S/C62H36F3N5/c63-62(64,65)50-22-8-1-21-47(50)61-59(69-55-27-13-6-19-45(55)48-35-39(29-31-57(48)69)67-51-23-9-2-15-41(51)42-16-3-10-24-52(42)67)33-38(37-66)34-60(61)70-56-28-14-7-20-46(56)49-36-40(30-32-58(49)70)68-53-25-11-4-17-43(53)44-18-5-12-26-54(44)68/h1-36H. The summed E-state index contributed by atoms with van der Waals surface area (Å²) in [6, 6.07) is 73.8. The molecule has 8 heteroatoms. The van der Waals surface area contributed by atoms with E-state index in [-0.39, 0.29) is 5.56 Å². The number of nitriles is 1. The predicted molar refractivity (Wildman–Crippen MR) is 279 cm³/mol. The van der Waals surface area contributed by atoms with Gasteiger partial charge in [-0.15, -0.1) is 0 Å². The summed E-state index contributed by atoms with van der Waals surface area (Å²) < 4.78 is 55.3. The number of alkyl halides is 3. The second-order valence-corrected chi connectivity index (χ2v) is 17.9. The van der Waals surface area contributed by atoms with Crippen molar-refractivity contribution in [1.82, 2.24) is 18.3 Å². The molecule has 0 fully saturated rings. The average molecular weight is 908 g/mol. The fourth-order valence-corrected chi connectivity index (χ4v) is 11.4. The third kappa shape index (κ3) is 5.66. The summed E-state index contributed by atoms with van der Waals surface area (Å²) in [5.74, 6) is 0. The number of para-hydroxylation sites is 6. The van der Waals surface area contributed by atoms with Gasteiger partial charge in [0.1, 0.15) is 0 Å². The molecule has 0 aliphatic heterocycles. The van der Waals surface area contributed by atoms with Gasteiger partial charge >= 0.3 is 6.18 Å².